The summed E-state index contributed by atoms with van der Waals surface area (Å²) < 4.78 is 35.7. The molecule has 1 N–H and O–H groups in total. The fourth-order valence-electron chi connectivity index (χ4n) is 6.74. The van der Waals surface area contributed by atoms with Crippen LogP contribution in [0.2, 0.25) is 5.02 Å². The monoisotopic (exact) mass is 682 g/mol. The number of anilines is 1. The number of amides is 2. The number of carbonyl (C=O) groups excluding carboxylic acids is 2. The molecule has 2 saturated heterocycles. The minimum atomic E-state index is -0.787. The van der Waals surface area contributed by atoms with Crippen molar-refractivity contribution in [2.45, 2.75) is 64.7 Å². The van der Waals surface area contributed by atoms with Gasteiger partial charge in [0, 0.05) is 66.9 Å². The van der Waals surface area contributed by atoms with Crippen LogP contribution in [-0.4, -0.2) is 88.6 Å². The van der Waals surface area contributed by atoms with E-state index in [2.05, 4.69) is 28.7 Å². The Morgan fingerprint density at radius 1 is 1.12 bits per heavy atom. The number of hydrogen-bond donors (Lipinski definition) is 1. The van der Waals surface area contributed by atoms with Gasteiger partial charge in [0.2, 0.25) is 11.8 Å². The van der Waals surface area contributed by atoms with Crippen LogP contribution in [0.3, 0.4) is 0 Å². The van der Waals surface area contributed by atoms with Gasteiger partial charge in [0.1, 0.15) is 24.1 Å². The summed E-state index contributed by atoms with van der Waals surface area (Å²) in [5.74, 6) is -0.404. The quantitative estimate of drug-likeness (QED) is 0.364. The Balaban J connectivity index is 0.000000257. The molecular formula is C35H41ClF2N6O4. The number of ether oxygens (including phenoxy) is 1. The SMILES string of the molecule is C=CC(=O)N1CC(C)N(c2nc(=O)n3c4c(c(-c5ccc(F)cc5F)c(Cl)cc24)OCC3)C[C@H]1C.CCCN1CC(C(=O)NC2CC2)C1. The Morgan fingerprint density at radius 2 is 1.88 bits per heavy atom. The molecule has 256 valence electrons. The minimum absolute atomic E-state index is 0.0751. The van der Waals surface area contributed by atoms with E-state index in [1.54, 1.807) is 11.0 Å². The average Bonchev–Trinajstić information content (AvgIpc) is 3.86. The Hall–Kier alpha value is -4.03. The molecule has 7 rings (SSSR count). The molecule has 48 heavy (non-hydrogen) atoms. The van der Waals surface area contributed by atoms with Crippen LogP contribution < -0.4 is 20.6 Å². The lowest BCUT2D eigenvalue weighted by Gasteiger charge is -2.44. The van der Waals surface area contributed by atoms with Gasteiger partial charge in [-0.05, 0) is 63.9 Å². The number of nitrogens with one attached hydrogen (secondary N) is 1. The molecule has 4 aliphatic rings. The maximum Gasteiger partial charge on any atom is 0.350 e. The van der Waals surface area contributed by atoms with E-state index in [-0.39, 0.29) is 64.9 Å². The van der Waals surface area contributed by atoms with Crippen molar-refractivity contribution in [3.8, 4) is 16.9 Å². The molecule has 3 fully saturated rings. The number of piperazine rings is 1. The van der Waals surface area contributed by atoms with Crippen LogP contribution in [0.4, 0.5) is 14.6 Å². The van der Waals surface area contributed by atoms with E-state index >= 15 is 0 Å². The maximum absolute atomic E-state index is 14.7. The van der Waals surface area contributed by atoms with Crippen molar-refractivity contribution >= 4 is 40.1 Å². The molecular weight excluding hydrogens is 642 g/mol. The molecule has 1 aliphatic carbocycles. The minimum Gasteiger partial charge on any atom is -0.489 e. The van der Waals surface area contributed by atoms with Gasteiger partial charge in [-0.1, -0.05) is 25.1 Å². The molecule has 10 nitrogen and oxygen atoms in total. The number of likely N-dealkylation sites (tertiary alicyclic amines) is 1. The summed E-state index contributed by atoms with van der Waals surface area (Å²) in [4.78, 5) is 47.3. The summed E-state index contributed by atoms with van der Waals surface area (Å²) in [6.45, 7) is 14.0. The second-order valence-electron chi connectivity index (χ2n) is 13.1. The number of nitrogens with zero attached hydrogens (tertiary/aromatic N) is 5. The zero-order valence-corrected chi connectivity index (χ0v) is 28.2. The van der Waals surface area contributed by atoms with Crippen LogP contribution in [0, 0.1) is 17.6 Å². The largest absolute Gasteiger partial charge is 0.489 e. The number of benzene rings is 2. The van der Waals surface area contributed by atoms with Gasteiger partial charge in [0.05, 0.1) is 23.0 Å². The first-order valence-electron chi connectivity index (χ1n) is 16.6. The fraction of sp³-hybridized carbons (Fsp3) is 0.486. The van der Waals surface area contributed by atoms with Crippen LogP contribution in [0.5, 0.6) is 5.75 Å². The Morgan fingerprint density at radius 3 is 2.54 bits per heavy atom. The summed E-state index contributed by atoms with van der Waals surface area (Å²) in [7, 11) is 0. The Bertz CT molecular complexity index is 1810. The summed E-state index contributed by atoms with van der Waals surface area (Å²) in [5.41, 5.74) is 0.323. The molecule has 0 bridgehead atoms. The third-order valence-electron chi connectivity index (χ3n) is 9.42. The fourth-order valence-corrected chi connectivity index (χ4v) is 7.03. The lowest BCUT2D eigenvalue weighted by molar-refractivity contribution is -0.130. The third kappa shape index (κ3) is 6.64. The van der Waals surface area contributed by atoms with Gasteiger partial charge >= 0.3 is 5.69 Å². The average molecular weight is 683 g/mol. The van der Waals surface area contributed by atoms with E-state index in [9.17, 15) is 23.2 Å². The highest BCUT2D eigenvalue weighted by Gasteiger charge is 2.36. The van der Waals surface area contributed by atoms with E-state index in [0.717, 1.165) is 31.8 Å². The highest BCUT2D eigenvalue weighted by molar-refractivity contribution is 6.35. The van der Waals surface area contributed by atoms with Crippen molar-refractivity contribution in [2.24, 2.45) is 5.92 Å². The third-order valence-corrected chi connectivity index (χ3v) is 9.72. The molecule has 2 atom stereocenters. The molecule has 2 amide bonds. The zero-order chi connectivity index (χ0) is 34.3. The van der Waals surface area contributed by atoms with Crippen molar-refractivity contribution in [2.75, 3.05) is 44.2 Å². The maximum atomic E-state index is 14.7. The van der Waals surface area contributed by atoms with E-state index in [4.69, 9.17) is 16.3 Å². The number of hydrogen-bond acceptors (Lipinski definition) is 7. The molecule has 2 aromatic carbocycles. The first-order valence-corrected chi connectivity index (χ1v) is 17.0. The summed E-state index contributed by atoms with van der Waals surface area (Å²) in [5, 5.41) is 3.82. The lowest BCUT2D eigenvalue weighted by atomic mass is 9.99. The molecule has 3 aromatic rings. The van der Waals surface area contributed by atoms with E-state index in [1.165, 1.54) is 36.0 Å². The highest BCUT2D eigenvalue weighted by atomic mass is 35.5. The number of aromatic nitrogens is 2. The number of halogens is 3. The van der Waals surface area contributed by atoms with Crippen LogP contribution in [0.15, 0.2) is 41.7 Å². The second-order valence-corrected chi connectivity index (χ2v) is 13.5. The smallest absolute Gasteiger partial charge is 0.350 e. The van der Waals surface area contributed by atoms with Crippen LogP contribution in [0.25, 0.3) is 22.0 Å². The molecule has 3 aliphatic heterocycles. The molecule has 0 radical (unpaired) electrons. The molecule has 1 aromatic heterocycles. The van der Waals surface area contributed by atoms with Gasteiger partial charge in [-0.15, -0.1) is 0 Å². The molecule has 1 saturated carbocycles. The Labute approximate surface area is 283 Å². The van der Waals surface area contributed by atoms with Gasteiger partial charge in [0.25, 0.3) is 0 Å². The Kier molecular flexibility index (Phi) is 9.76. The van der Waals surface area contributed by atoms with E-state index in [1.807, 2.05) is 18.7 Å². The van der Waals surface area contributed by atoms with Gasteiger partial charge in [-0.2, -0.15) is 4.98 Å². The number of rotatable bonds is 7. The second kappa shape index (κ2) is 13.8. The number of carbonyl (C=O) groups is 2. The molecule has 0 spiro atoms. The predicted octanol–water partition coefficient (Wildman–Crippen LogP) is 4.61. The zero-order valence-electron chi connectivity index (χ0n) is 27.5. The van der Waals surface area contributed by atoms with Gasteiger partial charge in [-0.25, -0.2) is 13.6 Å². The topological polar surface area (TPSA) is 100 Å². The van der Waals surface area contributed by atoms with Crippen LogP contribution in [-0.2, 0) is 16.1 Å². The molecule has 13 heteroatoms. The van der Waals surface area contributed by atoms with E-state index < -0.39 is 17.3 Å². The first-order chi connectivity index (χ1) is 23.0. The highest BCUT2D eigenvalue weighted by Crippen LogP contribution is 2.46. The van der Waals surface area contributed by atoms with Crippen molar-refractivity contribution in [3.63, 3.8) is 0 Å². The van der Waals surface area contributed by atoms with E-state index in [0.29, 0.717) is 35.9 Å². The normalized spacial score (nSPS) is 20.8. The van der Waals surface area contributed by atoms with Gasteiger partial charge in [-0.3, -0.25) is 14.2 Å². The summed E-state index contributed by atoms with van der Waals surface area (Å²) in [6, 6.07) is 5.09. The molecule has 1 unspecified atom stereocenters. The van der Waals surface area contributed by atoms with Crippen molar-refractivity contribution in [1.82, 2.24) is 24.7 Å². The van der Waals surface area contributed by atoms with Crippen molar-refractivity contribution in [1.29, 1.82) is 0 Å². The van der Waals surface area contributed by atoms with Crippen molar-refractivity contribution in [3.05, 3.63) is 64.1 Å². The predicted molar refractivity (Wildman–Crippen MR) is 181 cm³/mol. The van der Waals surface area contributed by atoms with Crippen LogP contribution >= 0.6 is 11.6 Å². The standard InChI is InChI=1S/C25H23ClF2N4O3.C10H18N2O/c1-4-20(33)31-11-14(3)32(12-13(31)2)24-17-10-18(26)21(16-6-5-15(27)9-19(16)28)23-22(17)30(7-8-35-23)25(34)29-24;1-2-5-12-6-8(7-12)10(13)11-9-3-4-9/h4-6,9-10,13-14H,1,7-8,11-12H2,2-3H3;8-9H,2-7H2,1H3,(H,11,13)/t13-,14?;/m1./s1. The lowest BCUT2D eigenvalue weighted by Crippen LogP contribution is -2.58. The van der Waals surface area contributed by atoms with Gasteiger partial charge < -0.3 is 24.8 Å². The van der Waals surface area contributed by atoms with Crippen LogP contribution in [0.1, 0.15) is 40.0 Å². The molecule has 4 heterocycles. The first kappa shape index (κ1) is 33.9. The summed E-state index contributed by atoms with van der Waals surface area (Å²) >= 11 is 6.67. The van der Waals surface area contributed by atoms with Gasteiger partial charge in [0.15, 0.2) is 5.75 Å². The van der Waals surface area contributed by atoms with Crippen molar-refractivity contribution < 1.29 is 23.1 Å². The summed E-state index contributed by atoms with van der Waals surface area (Å²) in [6.07, 6.45) is 4.87.